The lowest BCUT2D eigenvalue weighted by molar-refractivity contribution is -0.159. The van der Waals surface area contributed by atoms with E-state index in [2.05, 4.69) is 10.2 Å². The number of amides is 1. The standard InChI is InChI=1S/C23H30N4O5S/c1-22(2,3)31-20(29)18-19(28)17-16(14-26(18)21(30)32-23(4,5)6)24-27(25-17)12-13-33-15-10-8-7-9-11-15/h7-11,18H,12-14H2,1-6H3. The minimum atomic E-state index is -1.48. The van der Waals surface area contributed by atoms with Gasteiger partial charge < -0.3 is 9.47 Å². The molecular formula is C23H30N4O5S. The molecule has 0 saturated carbocycles. The van der Waals surface area contributed by atoms with Crippen molar-refractivity contribution in [1.29, 1.82) is 0 Å². The van der Waals surface area contributed by atoms with Crippen LogP contribution in [0.2, 0.25) is 0 Å². The Morgan fingerprint density at radius 2 is 1.67 bits per heavy atom. The van der Waals surface area contributed by atoms with Crippen LogP contribution in [-0.4, -0.2) is 60.7 Å². The molecule has 1 amide bonds. The van der Waals surface area contributed by atoms with Gasteiger partial charge in [-0.1, -0.05) is 18.2 Å². The number of thioether (sulfide) groups is 1. The monoisotopic (exact) mass is 474 g/mol. The molecule has 178 valence electrons. The molecule has 3 rings (SSSR count). The number of esters is 1. The molecule has 1 aliphatic heterocycles. The number of ketones is 1. The van der Waals surface area contributed by atoms with Crippen LogP contribution < -0.4 is 0 Å². The van der Waals surface area contributed by atoms with E-state index in [-0.39, 0.29) is 12.2 Å². The number of hydrogen-bond donors (Lipinski definition) is 0. The van der Waals surface area contributed by atoms with Crippen LogP contribution in [0.1, 0.15) is 57.7 Å². The first-order valence-corrected chi connectivity index (χ1v) is 11.7. The second-order valence-corrected chi connectivity index (χ2v) is 10.8. The number of carbonyl (C=O) groups excluding carboxylic acids is 3. The fourth-order valence-electron chi connectivity index (χ4n) is 3.15. The van der Waals surface area contributed by atoms with Gasteiger partial charge in [-0.05, 0) is 53.7 Å². The maximum Gasteiger partial charge on any atom is 0.411 e. The minimum Gasteiger partial charge on any atom is -0.458 e. The Kier molecular flexibility index (Phi) is 7.16. The quantitative estimate of drug-likeness (QED) is 0.367. The molecule has 1 unspecified atom stereocenters. The molecule has 0 fully saturated rings. The first-order valence-electron chi connectivity index (χ1n) is 10.7. The minimum absolute atomic E-state index is 0.0777. The molecule has 10 heteroatoms. The number of benzene rings is 1. The van der Waals surface area contributed by atoms with Crippen LogP contribution in [0.15, 0.2) is 35.2 Å². The van der Waals surface area contributed by atoms with Gasteiger partial charge in [0.1, 0.15) is 16.9 Å². The highest BCUT2D eigenvalue weighted by Gasteiger charge is 2.47. The van der Waals surface area contributed by atoms with E-state index in [0.717, 1.165) is 9.80 Å². The van der Waals surface area contributed by atoms with Crippen molar-refractivity contribution in [3.63, 3.8) is 0 Å². The third kappa shape index (κ3) is 6.56. The summed E-state index contributed by atoms with van der Waals surface area (Å²) in [5.74, 6) is -0.756. The first kappa shape index (κ1) is 24.8. The molecule has 1 aromatic heterocycles. The fourth-order valence-corrected chi connectivity index (χ4v) is 3.99. The average molecular weight is 475 g/mol. The number of fused-ring (bicyclic) bond motifs is 1. The van der Waals surface area contributed by atoms with Crippen LogP contribution in [0.3, 0.4) is 0 Å². The van der Waals surface area contributed by atoms with Crippen molar-refractivity contribution >= 4 is 29.6 Å². The van der Waals surface area contributed by atoms with E-state index in [4.69, 9.17) is 9.47 Å². The van der Waals surface area contributed by atoms with E-state index in [0.29, 0.717) is 18.0 Å². The van der Waals surface area contributed by atoms with Crippen molar-refractivity contribution < 1.29 is 23.9 Å². The molecule has 0 aliphatic carbocycles. The van der Waals surface area contributed by atoms with E-state index in [1.807, 2.05) is 30.3 Å². The van der Waals surface area contributed by atoms with E-state index < -0.39 is 35.1 Å². The predicted molar refractivity (Wildman–Crippen MR) is 123 cm³/mol. The van der Waals surface area contributed by atoms with Gasteiger partial charge in [0, 0.05) is 10.6 Å². The van der Waals surface area contributed by atoms with Crippen molar-refractivity contribution in [3.8, 4) is 0 Å². The molecule has 0 N–H and O–H groups in total. The number of ether oxygens (including phenoxy) is 2. The van der Waals surface area contributed by atoms with Crippen molar-refractivity contribution in [2.24, 2.45) is 0 Å². The maximum atomic E-state index is 13.3. The topological polar surface area (TPSA) is 104 Å². The van der Waals surface area contributed by atoms with Gasteiger partial charge in [0.2, 0.25) is 5.78 Å². The largest absolute Gasteiger partial charge is 0.458 e. The number of hydrogen-bond acceptors (Lipinski definition) is 8. The van der Waals surface area contributed by atoms with Crippen LogP contribution in [-0.2, 0) is 27.4 Å². The van der Waals surface area contributed by atoms with Gasteiger partial charge >= 0.3 is 12.1 Å². The Morgan fingerprint density at radius 3 is 2.27 bits per heavy atom. The normalized spacial score (nSPS) is 16.4. The highest BCUT2D eigenvalue weighted by molar-refractivity contribution is 7.99. The van der Waals surface area contributed by atoms with Crippen LogP contribution in [0, 0.1) is 0 Å². The van der Waals surface area contributed by atoms with Gasteiger partial charge in [0.25, 0.3) is 0 Å². The van der Waals surface area contributed by atoms with Gasteiger partial charge in [0.15, 0.2) is 11.7 Å². The van der Waals surface area contributed by atoms with Crippen molar-refractivity contribution in [1.82, 2.24) is 19.9 Å². The second kappa shape index (κ2) is 9.54. The number of nitrogens with zero attached hydrogens (tertiary/aromatic N) is 4. The van der Waals surface area contributed by atoms with E-state index in [9.17, 15) is 14.4 Å². The van der Waals surface area contributed by atoms with Crippen molar-refractivity contribution in [2.75, 3.05) is 5.75 Å². The van der Waals surface area contributed by atoms with Crippen LogP contribution in [0.25, 0.3) is 0 Å². The number of Topliss-reactive ketones (excluding diaryl/α,β-unsaturated/α-hetero) is 1. The van der Waals surface area contributed by atoms with Gasteiger partial charge in [-0.25, -0.2) is 9.59 Å². The molecule has 2 heterocycles. The lowest BCUT2D eigenvalue weighted by Crippen LogP contribution is -2.55. The summed E-state index contributed by atoms with van der Waals surface area (Å²) in [5, 5.41) is 8.72. The Morgan fingerprint density at radius 1 is 1.03 bits per heavy atom. The van der Waals surface area contributed by atoms with Gasteiger partial charge in [-0.15, -0.1) is 16.9 Å². The Bertz CT molecular complexity index is 1020. The summed E-state index contributed by atoms with van der Waals surface area (Å²) in [6.45, 7) is 10.6. The fraction of sp³-hybridized carbons (Fsp3) is 0.522. The molecule has 33 heavy (non-hydrogen) atoms. The maximum absolute atomic E-state index is 13.3. The van der Waals surface area contributed by atoms with Gasteiger partial charge in [0.05, 0.1) is 13.1 Å². The average Bonchev–Trinajstić information content (AvgIpc) is 3.09. The Labute approximate surface area is 197 Å². The van der Waals surface area contributed by atoms with Crippen molar-refractivity contribution in [2.45, 2.75) is 76.8 Å². The zero-order valence-electron chi connectivity index (χ0n) is 19.8. The Balaban J connectivity index is 1.82. The number of aromatic nitrogens is 3. The lowest BCUT2D eigenvalue weighted by Gasteiger charge is -2.34. The summed E-state index contributed by atoms with van der Waals surface area (Å²) in [7, 11) is 0. The second-order valence-electron chi connectivity index (χ2n) is 9.66. The van der Waals surface area contributed by atoms with E-state index in [1.54, 1.807) is 53.3 Å². The molecule has 9 nitrogen and oxygen atoms in total. The summed E-state index contributed by atoms with van der Waals surface area (Å²) in [6, 6.07) is 8.44. The highest BCUT2D eigenvalue weighted by Crippen LogP contribution is 2.26. The highest BCUT2D eigenvalue weighted by atomic mass is 32.2. The van der Waals surface area contributed by atoms with Crippen LogP contribution in [0.4, 0.5) is 4.79 Å². The molecule has 0 saturated heterocycles. The third-order valence-electron chi connectivity index (χ3n) is 4.40. The molecule has 0 radical (unpaired) electrons. The molecule has 1 aromatic carbocycles. The van der Waals surface area contributed by atoms with Crippen LogP contribution in [0.5, 0.6) is 0 Å². The molecule has 1 aliphatic rings. The van der Waals surface area contributed by atoms with Crippen LogP contribution >= 0.6 is 11.8 Å². The number of aryl methyl sites for hydroxylation is 1. The molecule has 1 atom stereocenters. The SMILES string of the molecule is CC(C)(C)OC(=O)C1C(=O)c2nn(CCSc3ccccc3)nc2CN1C(=O)OC(C)(C)C. The number of rotatable bonds is 5. The summed E-state index contributed by atoms with van der Waals surface area (Å²) >= 11 is 1.64. The van der Waals surface area contributed by atoms with Crippen molar-refractivity contribution in [3.05, 3.63) is 41.7 Å². The molecular weight excluding hydrogens is 444 g/mol. The predicted octanol–water partition coefficient (Wildman–Crippen LogP) is 3.71. The third-order valence-corrected chi connectivity index (χ3v) is 5.39. The lowest BCUT2D eigenvalue weighted by atomic mass is 10.0. The van der Waals surface area contributed by atoms with Gasteiger partial charge in [-0.3, -0.25) is 9.69 Å². The summed E-state index contributed by atoms with van der Waals surface area (Å²) < 4.78 is 10.9. The van der Waals surface area contributed by atoms with Gasteiger partial charge in [-0.2, -0.15) is 9.90 Å². The molecule has 0 spiro atoms. The van der Waals surface area contributed by atoms with E-state index in [1.165, 1.54) is 4.80 Å². The zero-order chi connectivity index (χ0) is 24.4. The summed E-state index contributed by atoms with van der Waals surface area (Å²) in [6.07, 6.45) is -0.786. The zero-order valence-corrected chi connectivity index (χ0v) is 20.6. The summed E-state index contributed by atoms with van der Waals surface area (Å²) in [4.78, 5) is 42.7. The molecule has 0 bridgehead atoms. The first-order chi connectivity index (χ1) is 15.3. The molecule has 2 aromatic rings. The summed E-state index contributed by atoms with van der Waals surface area (Å²) in [5.41, 5.74) is -1.22. The Hall–Kier alpha value is -2.88. The number of carbonyl (C=O) groups is 3. The van der Waals surface area contributed by atoms with E-state index >= 15 is 0 Å². The smallest absolute Gasteiger partial charge is 0.411 e.